The summed E-state index contributed by atoms with van der Waals surface area (Å²) in [6.45, 7) is 27.4. The van der Waals surface area contributed by atoms with E-state index in [1.165, 1.54) is 16.7 Å². The SMILES string of the molecule is CC1=[C-]C(C)(C)C(C)=C1C.[CH2-]CC.[CH2-]CC.[CH2-]CC.[Hf+4]. The van der Waals surface area contributed by atoms with Crippen molar-refractivity contribution in [1.29, 1.82) is 0 Å². The maximum absolute atomic E-state index is 3.49. The molecule has 1 aliphatic rings. The Labute approximate surface area is 149 Å². The van der Waals surface area contributed by atoms with E-state index in [2.05, 4.69) is 61.5 Å². The van der Waals surface area contributed by atoms with Crippen molar-refractivity contribution in [2.24, 2.45) is 5.41 Å². The molecule has 1 aliphatic carbocycles. The summed E-state index contributed by atoms with van der Waals surface area (Å²) in [6.07, 6.45) is 6.44. The molecule has 0 saturated carbocycles. The van der Waals surface area contributed by atoms with Crippen LogP contribution in [-0.4, -0.2) is 0 Å². The van der Waals surface area contributed by atoms with Gasteiger partial charge in [-0.05, 0) is 0 Å². The number of rotatable bonds is 0. The van der Waals surface area contributed by atoms with E-state index in [-0.39, 0.29) is 31.3 Å². The van der Waals surface area contributed by atoms with Gasteiger partial charge in [0, 0.05) is 0 Å². The van der Waals surface area contributed by atoms with Crippen LogP contribution in [0, 0.1) is 32.3 Å². The molecule has 0 nitrogen and oxygen atoms in total. The van der Waals surface area contributed by atoms with Crippen LogP contribution in [0.15, 0.2) is 16.7 Å². The van der Waals surface area contributed by atoms with Crippen molar-refractivity contribution in [2.45, 2.75) is 74.7 Å². The third-order valence-corrected chi connectivity index (χ3v) is 2.56. The molecule has 0 bridgehead atoms. The fourth-order valence-corrected chi connectivity index (χ4v) is 1.41. The molecule has 0 amide bonds. The van der Waals surface area contributed by atoms with Gasteiger partial charge in [-0.1, -0.05) is 53.9 Å². The molecule has 1 rings (SSSR count). The van der Waals surface area contributed by atoms with Crippen LogP contribution in [-0.2, 0) is 25.8 Å². The second-order valence-electron chi connectivity index (χ2n) is 5.12. The molecule has 0 saturated heterocycles. The van der Waals surface area contributed by atoms with E-state index in [1.807, 2.05) is 20.8 Å². The molecular formula is C19H36Hf. The topological polar surface area (TPSA) is 0 Å². The first-order valence-corrected chi connectivity index (χ1v) is 7.37. The van der Waals surface area contributed by atoms with Gasteiger partial charge < -0.3 is 20.8 Å². The summed E-state index contributed by atoms with van der Waals surface area (Å²) in [5.41, 5.74) is 4.39. The van der Waals surface area contributed by atoms with Gasteiger partial charge >= 0.3 is 25.8 Å². The Morgan fingerprint density at radius 1 is 0.850 bits per heavy atom. The van der Waals surface area contributed by atoms with Crippen molar-refractivity contribution in [3.63, 3.8) is 0 Å². The minimum Gasteiger partial charge on any atom is -0.344 e. The molecule has 0 aromatic heterocycles. The minimum absolute atomic E-state index is 0. The van der Waals surface area contributed by atoms with Crippen molar-refractivity contribution >= 4 is 0 Å². The van der Waals surface area contributed by atoms with E-state index < -0.39 is 0 Å². The summed E-state index contributed by atoms with van der Waals surface area (Å²) in [5, 5.41) is 0. The zero-order chi connectivity index (χ0) is 16.1. The van der Waals surface area contributed by atoms with Crippen molar-refractivity contribution in [1.82, 2.24) is 0 Å². The summed E-state index contributed by atoms with van der Waals surface area (Å²) >= 11 is 0. The molecule has 20 heavy (non-hydrogen) atoms. The predicted molar refractivity (Wildman–Crippen MR) is 91.5 cm³/mol. The number of hydrogen-bond acceptors (Lipinski definition) is 0. The van der Waals surface area contributed by atoms with Crippen molar-refractivity contribution < 1.29 is 25.8 Å². The zero-order valence-electron chi connectivity index (χ0n) is 15.2. The van der Waals surface area contributed by atoms with E-state index >= 15 is 0 Å². The molecule has 0 unspecified atom stereocenters. The molecule has 0 atom stereocenters. The molecule has 1 heteroatoms. The summed E-state index contributed by atoms with van der Waals surface area (Å²) in [5.74, 6) is 0. The average molecular weight is 443 g/mol. The third-order valence-electron chi connectivity index (χ3n) is 2.56. The van der Waals surface area contributed by atoms with Gasteiger partial charge in [0.2, 0.25) is 0 Å². The minimum atomic E-state index is 0. The second-order valence-corrected chi connectivity index (χ2v) is 5.12. The fourth-order valence-electron chi connectivity index (χ4n) is 1.41. The van der Waals surface area contributed by atoms with Gasteiger partial charge in [-0.3, -0.25) is 6.08 Å². The Hall–Kier alpha value is 0.350. The maximum Gasteiger partial charge on any atom is 4.00 e. The van der Waals surface area contributed by atoms with Gasteiger partial charge in [-0.2, -0.15) is 30.4 Å². The van der Waals surface area contributed by atoms with Crippen LogP contribution in [0.4, 0.5) is 0 Å². The van der Waals surface area contributed by atoms with Crippen molar-refractivity contribution in [2.75, 3.05) is 0 Å². The standard InChI is InChI=1S/C10H15.3C3H7.Hf/c1-7-6-10(4,5)9(3)8(7)2;3*1-3-2;/h1-5H3;3*1,3H2,2H3;/q4*-1;+4. The normalized spacial score (nSPS) is 14.4. The van der Waals surface area contributed by atoms with Crippen LogP contribution in [0.25, 0.3) is 0 Å². The quantitative estimate of drug-likeness (QED) is 0.286. The van der Waals surface area contributed by atoms with Gasteiger partial charge in [0.25, 0.3) is 0 Å². The molecule has 0 radical (unpaired) electrons. The molecule has 0 aromatic carbocycles. The Kier molecular flexibility index (Phi) is 24.8. The summed E-state index contributed by atoms with van der Waals surface area (Å²) in [4.78, 5) is 0. The first kappa shape index (κ1) is 28.5. The van der Waals surface area contributed by atoms with Crippen LogP contribution in [0.1, 0.15) is 74.7 Å². The Morgan fingerprint density at radius 3 is 1.15 bits per heavy atom. The Bertz CT molecular complexity index is 252. The van der Waals surface area contributed by atoms with Crippen LogP contribution < -0.4 is 0 Å². The third kappa shape index (κ3) is 14.8. The average Bonchev–Trinajstić information content (AvgIpc) is 2.45. The summed E-state index contributed by atoms with van der Waals surface area (Å²) < 4.78 is 0. The fraction of sp³-hybridized carbons (Fsp3) is 0.632. The molecule has 0 fully saturated rings. The maximum atomic E-state index is 3.49. The van der Waals surface area contributed by atoms with Gasteiger partial charge in [-0.15, -0.1) is 6.92 Å². The first-order chi connectivity index (χ1) is 8.69. The molecule has 116 valence electrons. The monoisotopic (exact) mass is 444 g/mol. The molecule has 0 aliphatic heterocycles. The zero-order valence-corrected chi connectivity index (χ0v) is 18.8. The number of allylic oxidation sites excluding steroid dienone is 4. The predicted octanol–water partition coefficient (Wildman–Crippen LogP) is 6.80. The van der Waals surface area contributed by atoms with Gasteiger partial charge in [-0.25, -0.2) is 5.57 Å². The van der Waals surface area contributed by atoms with Crippen LogP contribution in [0.3, 0.4) is 0 Å². The number of hydrogen-bond donors (Lipinski definition) is 0. The van der Waals surface area contributed by atoms with Crippen molar-refractivity contribution in [3.05, 3.63) is 43.6 Å². The smallest absolute Gasteiger partial charge is 0.344 e. The largest absolute Gasteiger partial charge is 4.00 e. The molecule has 0 spiro atoms. The molecule has 0 aromatic rings. The molecular weight excluding hydrogens is 407 g/mol. The van der Waals surface area contributed by atoms with Crippen LogP contribution in [0.5, 0.6) is 0 Å². The van der Waals surface area contributed by atoms with Gasteiger partial charge in [0.05, 0.1) is 0 Å². The van der Waals surface area contributed by atoms with Crippen molar-refractivity contribution in [3.8, 4) is 0 Å². The van der Waals surface area contributed by atoms with Gasteiger partial charge in [0.1, 0.15) is 0 Å². The van der Waals surface area contributed by atoms with Crippen LogP contribution in [0.2, 0.25) is 0 Å². The Morgan fingerprint density at radius 2 is 1.10 bits per heavy atom. The van der Waals surface area contributed by atoms with E-state index in [9.17, 15) is 0 Å². The Balaban J connectivity index is -0.000000108. The second kappa shape index (κ2) is 17.4. The molecule has 0 heterocycles. The van der Waals surface area contributed by atoms with Crippen LogP contribution >= 0.6 is 0 Å². The van der Waals surface area contributed by atoms with Gasteiger partial charge in [0.15, 0.2) is 0 Å². The van der Waals surface area contributed by atoms with E-state index in [0.29, 0.717) is 0 Å². The summed E-state index contributed by atoms with van der Waals surface area (Å²) in [7, 11) is 0. The van der Waals surface area contributed by atoms with E-state index in [0.717, 1.165) is 19.3 Å². The first-order valence-electron chi connectivity index (χ1n) is 7.37. The molecule has 0 N–H and O–H groups in total. The summed E-state index contributed by atoms with van der Waals surface area (Å²) in [6, 6.07) is 0. The van der Waals surface area contributed by atoms with E-state index in [1.54, 1.807) is 0 Å². The van der Waals surface area contributed by atoms with E-state index in [4.69, 9.17) is 0 Å².